The summed E-state index contributed by atoms with van der Waals surface area (Å²) < 4.78 is 0. The Morgan fingerprint density at radius 2 is 2.38 bits per heavy atom. The second kappa shape index (κ2) is 4.31. The second-order valence-electron chi connectivity index (χ2n) is 0.899. The predicted octanol–water partition coefficient (Wildman–Crippen LogP) is -0.459. The summed E-state index contributed by atoms with van der Waals surface area (Å²) in [6.07, 6.45) is 1.89. The summed E-state index contributed by atoms with van der Waals surface area (Å²) in [6.45, 7) is 0. The molecular formula is C2H4N4NaS. The van der Waals surface area contributed by atoms with E-state index in [1.807, 2.05) is 6.26 Å². The van der Waals surface area contributed by atoms with Crippen LogP contribution >= 0.6 is 11.8 Å². The molecule has 39 valence electrons. The summed E-state index contributed by atoms with van der Waals surface area (Å²) >= 11 is 1.46. The summed E-state index contributed by atoms with van der Waals surface area (Å²) in [5.41, 5.74) is 0. The van der Waals surface area contributed by atoms with E-state index in [-0.39, 0.29) is 29.6 Å². The molecule has 0 amide bonds. The van der Waals surface area contributed by atoms with Crippen molar-refractivity contribution in [2.24, 2.45) is 0 Å². The van der Waals surface area contributed by atoms with E-state index in [0.717, 1.165) is 0 Å². The van der Waals surface area contributed by atoms with E-state index in [2.05, 4.69) is 20.6 Å². The van der Waals surface area contributed by atoms with E-state index >= 15 is 0 Å². The molecule has 6 heteroatoms. The van der Waals surface area contributed by atoms with Gasteiger partial charge >= 0.3 is 0 Å². The number of hydrogen-bond donors (Lipinski definition) is 1. The number of rotatable bonds is 1. The average molecular weight is 139 g/mol. The Balaban J connectivity index is 0.000000490. The van der Waals surface area contributed by atoms with Gasteiger partial charge in [0.1, 0.15) is 0 Å². The molecule has 0 spiro atoms. The Labute approximate surface area is 73.1 Å². The van der Waals surface area contributed by atoms with Gasteiger partial charge in [0.15, 0.2) is 0 Å². The first-order chi connectivity index (χ1) is 3.43. The number of aromatic nitrogens is 4. The van der Waals surface area contributed by atoms with Crippen molar-refractivity contribution in [2.45, 2.75) is 5.16 Å². The zero-order chi connectivity index (χ0) is 5.11. The third-order valence-corrected chi connectivity index (χ3v) is 1.05. The zero-order valence-electron chi connectivity index (χ0n) is 4.75. The van der Waals surface area contributed by atoms with Crippen LogP contribution in [0.5, 0.6) is 0 Å². The molecule has 0 aliphatic carbocycles. The molecule has 0 unspecified atom stereocenters. The van der Waals surface area contributed by atoms with Gasteiger partial charge in [-0.05, 0) is 11.5 Å². The predicted molar refractivity (Wildman–Crippen MR) is 31.7 cm³/mol. The van der Waals surface area contributed by atoms with Crippen LogP contribution in [0.3, 0.4) is 0 Å². The first kappa shape index (κ1) is 8.42. The topological polar surface area (TPSA) is 54.5 Å². The molecule has 0 saturated carbocycles. The molecule has 8 heavy (non-hydrogen) atoms. The van der Waals surface area contributed by atoms with Crippen molar-refractivity contribution >= 4 is 41.3 Å². The van der Waals surface area contributed by atoms with E-state index in [0.29, 0.717) is 5.16 Å². The fraction of sp³-hybridized carbons (Fsp3) is 0.500. The third kappa shape index (κ3) is 2.13. The smallest absolute Gasteiger partial charge is 0.176 e. The molecule has 0 aliphatic rings. The van der Waals surface area contributed by atoms with Gasteiger partial charge in [-0.25, -0.2) is 0 Å². The largest absolute Gasteiger partial charge is 0.230 e. The van der Waals surface area contributed by atoms with Crippen LogP contribution in [0.4, 0.5) is 0 Å². The van der Waals surface area contributed by atoms with Crippen LogP contribution in [0.15, 0.2) is 5.16 Å². The summed E-state index contributed by atoms with van der Waals surface area (Å²) in [4.78, 5) is 0. The van der Waals surface area contributed by atoms with Gasteiger partial charge in [0.25, 0.3) is 0 Å². The molecule has 0 saturated heterocycles. The average Bonchev–Trinajstić information content (AvgIpc) is 2.14. The molecule has 1 N–H and O–H groups in total. The van der Waals surface area contributed by atoms with Crippen LogP contribution in [-0.2, 0) is 0 Å². The van der Waals surface area contributed by atoms with E-state index in [9.17, 15) is 0 Å². The SMILES string of the molecule is CSc1nn[nH]n1.[Na]. The summed E-state index contributed by atoms with van der Waals surface area (Å²) in [5.74, 6) is 0. The minimum absolute atomic E-state index is 0. The van der Waals surface area contributed by atoms with Crippen LogP contribution in [0, 0.1) is 0 Å². The number of tetrazole rings is 1. The van der Waals surface area contributed by atoms with Crippen molar-refractivity contribution in [1.29, 1.82) is 0 Å². The first-order valence-electron chi connectivity index (χ1n) is 1.71. The maximum Gasteiger partial charge on any atom is 0.230 e. The minimum atomic E-state index is 0. The van der Waals surface area contributed by atoms with Crippen LogP contribution < -0.4 is 0 Å². The molecular weight excluding hydrogens is 135 g/mol. The quantitative estimate of drug-likeness (QED) is 0.422. The molecule has 4 nitrogen and oxygen atoms in total. The van der Waals surface area contributed by atoms with Gasteiger partial charge in [-0.2, -0.15) is 5.21 Å². The van der Waals surface area contributed by atoms with Gasteiger partial charge in [-0.15, -0.1) is 10.2 Å². The van der Waals surface area contributed by atoms with Crippen molar-refractivity contribution in [3.63, 3.8) is 0 Å². The van der Waals surface area contributed by atoms with Crippen molar-refractivity contribution in [1.82, 2.24) is 20.6 Å². The Bertz CT molecular complexity index is 129. The molecule has 0 atom stereocenters. The van der Waals surface area contributed by atoms with Crippen molar-refractivity contribution < 1.29 is 0 Å². The standard InChI is InChI=1S/C2H4N4S.Na/c1-7-2-3-5-6-4-2;/h1H3,(H,3,4,5,6);. The normalized spacial score (nSPS) is 8.12. The molecule has 0 aliphatic heterocycles. The molecule has 1 rings (SSSR count). The van der Waals surface area contributed by atoms with Crippen LogP contribution in [0.1, 0.15) is 0 Å². The fourth-order valence-electron chi connectivity index (χ4n) is 0.239. The number of nitrogens with one attached hydrogen (secondary N) is 1. The molecule has 0 bridgehead atoms. The molecule has 1 aromatic heterocycles. The minimum Gasteiger partial charge on any atom is -0.176 e. The van der Waals surface area contributed by atoms with E-state index in [1.54, 1.807) is 0 Å². The maximum atomic E-state index is 3.65. The first-order valence-corrected chi connectivity index (χ1v) is 2.93. The number of aromatic amines is 1. The maximum absolute atomic E-state index is 3.65. The van der Waals surface area contributed by atoms with Gasteiger partial charge in [-0.1, -0.05) is 11.8 Å². The van der Waals surface area contributed by atoms with E-state index in [4.69, 9.17) is 0 Å². The third-order valence-electron chi connectivity index (χ3n) is 0.508. The molecule has 0 fully saturated rings. The Kier molecular flexibility index (Phi) is 4.54. The summed E-state index contributed by atoms with van der Waals surface area (Å²) in [7, 11) is 0. The monoisotopic (exact) mass is 139 g/mol. The molecule has 1 radical (unpaired) electrons. The van der Waals surface area contributed by atoms with Crippen molar-refractivity contribution in [3.05, 3.63) is 0 Å². The fourth-order valence-corrected chi connectivity index (χ4v) is 0.494. The van der Waals surface area contributed by atoms with E-state index in [1.165, 1.54) is 11.8 Å². The Morgan fingerprint density at radius 1 is 1.62 bits per heavy atom. The van der Waals surface area contributed by atoms with Gasteiger partial charge in [0.2, 0.25) is 5.16 Å². The van der Waals surface area contributed by atoms with Gasteiger partial charge in [0.05, 0.1) is 0 Å². The van der Waals surface area contributed by atoms with Gasteiger partial charge < -0.3 is 0 Å². The summed E-state index contributed by atoms with van der Waals surface area (Å²) in [6, 6.07) is 0. The number of hydrogen-bond acceptors (Lipinski definition) is 4. The zero-order valence-corrected chi connectivity index (χ0v) is 7.57. The Hall–Kier alpha value is 0.420. The van der Waals surface area contributed by atoms with Crippen molar-refractivity contribution in [2.75, 3.05) is 6.26 Å². The van der Waals surface area contributed by atoms with Crippen LogP contribution in [-0.4, -0.2) is 56.4 Å². The number of H-pyrrole nitrogens is 1. The molecule has 0 aromatic carbocycles. The van der Waals surface area contributed by atoms with Crippen molar-refractivity contribution in [3.8, 4) is 0 Å². The molecule has 1 heterocycles. The summed E-state index contributed by atoms with van der Waals surface area (Å²) in [5, 5.41) is 13.6. The molecule has 1 aromatic rings. The number of nitrogens with zero attached hydrogens (tertiary/aromatic N) is 3. The van der Waals surface area contributed by atoms with Gasteiger partial charge in [-0.3, -0.25) is 0 Å². The number of thioether (sulfide) groups is 1. The van der Waals surface area contributed by atoms with Crippen LogP contribution in [0.25, 0.3) is 0 Å². The second-order valence-corrected chi connectivity index (χ2v) is 1.67. The van der Waals surface area contributed by atoms with Gasteiger partial charge in [0, 0.05) is 29.6 Å². The van der Waals surface area contributed by atoms with E-state index < -0.39 is 0 Å². The van der Waals surface area contributed by atoms with Crippen LogP contribution in [0.2, 0.25) is 0 Å². The Morgan fingerprint density at radius 3 is 2.62 bits per heavy atom.